The molecule has 0 aliphatic carbocycles. The first-order valence-electron chi connectivity index (χ1n) is 7.95. The van der Waals surface area contributed by atoms with Crippen molar-refractivity contribution in [2.45, 2.75) is 26.7 Å². The number of hydrogen-bond donors (Lipinski definition) is 0. The van der Waals surface area contributed by atoms with Crippen molar-refractivity contribution in [1.82, 2.24) is 9.55 Å². The van der Waals surface area contributed by atoms with Gasteiger partial charge >= 0.3 is 0 Å². The van der Waals surface area contributed by atoms with Gasteiger partial charge in [0, 0.05) is 25.2 Å². The second-order valence-electron chi connectivity index (χ2n) is 6.23. The Hall–Kier alpha value is -1.82. The van der Waals surface area contributed by atoms with Crippen LogP contribution in [0.4, 0.5) is 14.6 Å². The monoisotopic (exact) mass is 355 g/mol. The molecule has 1 aliphatic rings. The van der Waals surface area contributed by atoms with Gasteiger partial charge in [-0.05, 0) is 37.3 Å². The maximum atomic E-state index is 14.5. The van der Waals surface area contributed by atoms with E-state index in [1.807, 2.05) is 0 Å². The Morgan fingerprint density at radius 1 is 1.21 bits per heavy atom. The highest BCUT2D eigenvalue weighted by Crippen LogP contribution is 2.35. The molecular formula is C17H20ClF2N3O. The van der Waals surface area contributed by atoms with Crippen LogP contribution in [0.2, 0.25) is 5.28 Å². The second kappa shape index (κ2) is 6.59. The second-order valence-corrected chi connectivity index (χ2v) is 6.57. The topological polar surface area (TPSA) is 30.3 Å². The molecule has 130 valence electrons. The average Bonchev–Trinajstić information content (AvgIpc) is 2.82. The molecule has 3 rings (SSSR count). The van der Waals surface area contributed by atoms with Crippen molar-refractivity contribution in [2.75, 3.05) is 25.1 Å². The molecule has 1 saturated heterocycles. The van der Waals surface area contributed by atoms with Crippen LogP contribution in [0.1, 0.15) is 25.5 Å². The minimum atomic E-state index is -0.738. The minimum absolute atomic E-state index is 0.0455. The smallest absolute Gasteiger partial charge is 0.209 e. The lowest BCUT2D eigenvalue weighted by Crippen LogP contribution is -2.34. The Morgan fingerprint density at radius 2 is 1.79 bits per heavy atom. The number of ether oxygens (including phenoxy) is 1. The van der Waals surface area contributed by atoms with Crippen LogP contribution < -0.4 is 9.64 Å². The number of aryl methyl sites for hydroxylation is 1. The number of aromatic nitrogens is 2. The summed E-state index contributed by atoms with van der Waals surface area (Å²) >= 11 is 6.21. The van der Waals surface area contributed by atoms with Gasteiger partial charge in [-0.25, -0.2) is 13.8 Å². The molecule has 24 heavy (non-hydrogen) atoms. The lowest BCUT2D eigenvalue weighted by atomic mass is 9.99. The van der Waals surface area contributed by atoms with Gasteiger partial charge < -0.3 is 9.64 Å². The molecule has 0 radical (unpaired) electrons. The van der Waals surface area contributed by atoms with Crippen molar-refractivity contribution in [2.24, 2.45) is 5.92 Å². The fraction of sp³-hybridized carbons (Fsp3) is 0.471. The van der Waals surface area contributed by atoms with Gasteiger partial charge in [0.2, 0.25) is 5.28 Å². The van der Waals surface area contributed by atoms with Gasteiger partial charge in [-0.3, -0.25) is 4.57 Å². The van der Waals surface area contributed by atoms with Gasteiger partial charge in [0.15, 0.2) is 11.6 Å². The average molecular weight is 356 g/mol. The highest BCUT2D eigenvalue weighted by molar-refractivity contribution is 6.29. The number of hydrogen-bond acceptors (Lipinski definition) is 3. The third-order valence-corrected chi connectivity index (χ3v) is 4.77. The summed E-state index contributed by atoms with van der Waals surface area (Å²) in [5.41, 5.74) is 0.430. The van der Waals surface area contributed by atoms with E-state index in [0.29, 0.717) is 17.4 Å². The third-order valence-electron chi connectivity index (χ3n) is 4.51. The number of nitrogens with zero attached hydrogens (tertiary/aromatic N) is 3. The largest absolute Gasteiger partial charge is 0.497 e. The quantitative estimate of drug-likeness (QED) is 0.819. The predicted octanol–water partition coefficient (Wildman–Crippen LogP) is 4.36. The Bertz CT molecular complexity index is 732. The van der Waals surface area contributed by atoms with E-state index in [2.05, 4.69) is 16.8 Å². The Labute approximate surface area is 145 Å². The van der Waals surface area contributed by atoms with Gasteiger partial charge in [-0.1, -0.05) is 6.92 Å². The molecule has 1 aliphatic heterocycles. The summed E-state index contributed by atoms with van der Waals surface area (Å²) in [6.07, 6.45) is 2.05. The lowest BCUT2D eigenvalue weighted by molar-refractivity contribution is 0.406. The first kappa shape index (κ1) is 17.0. The van der Waals surface area contributed by atoms with Crippen molar-refractivity contribution < 1.29 is 13.5 Å². The number of halogens is 3. The van der Waals surface area contributed by atoms with E-state index in [9.17, 15) is 8.78 Å². The SMILES string of the molecule is COc1cc(F)c(-n2c(Cl)nc(C)c2N2CCC(C)CC2)c(F)c1. The van der Waals surface area contributed by atoms with Gasteiger partial charge in [0.05, 0.1) is 12.8 Å². The van der Waals surface area contributed by atoms with Crippen molar-refractivity contribution >= 4 is 17.4 Å². The normalized spacial score (nSPS) is 15.8. The predicted molar refractivity (Wildman–Crippen MR) is 90.4 cm³/mol. The summed E-state index contributed by atoms with van der Waals surface area (Å²) in [6.45, 7) is 5.62. The molecule has 0 atom stereocenters. The Kier molecular flexibility index (Phi) is 4.67. The van der Waals surface area contributed by atoms with Crippen LogP contribution in [0.15, 0.2) is 12.1 Å². The lowest BCUT2D eigenvalue weighted by Gasteiger charge is -2.33. The Morgan fingerprint density at radius 3 is 2.33 bits per heavy atom. The van der Waals surface area contributed by atoms with E-state index in [4.69, 9.17) is 16.3 Å². The van der Waals surface area contributed by atoms with Gasteiger partial charge in [-0.15, -0.1) is 0 Å². The van der Waals surface area contributed by atoms with E-state index in [1.165, 1.54) is 11.7 Å². The van der Waals surface area contributed by atoms with Crippen LogP contribution in [0.25, 0.3) is 5.69 Å². The number of anilines is 1. The molecule has 7 heteroatoms. The molecule has 1 fully saturated rings. The van der Waals surface area contributed by atoms with Crippen molar-refractivity contribution in [1.29, 1.82) is 0 Å². The molecule has 2 aromatic rings. The minimum Gasteiger partial charge on any atom is -0.497 e. The van der Waals surface area contributed by atoms with Crippen LogP contribution in [0.5, 0.6) is 5.75 Å². The highest BCUT2D eigenvalue weighted by atomic mass is 35.5. The molecule has 0 bridgehead atoms. The molecule has 0 amide bonds. The van der Waals surface area contributed by atoms with E-state index in [0.717, 1.165) is 38.1 Å². The summed E-state index contributed by atoms with van der Waals surface area (Å²) < 4.78 is 35.3. The third kappa shape index (κ3) is 2.95. The summed E-state index contributed by atoms with van der Waals surface area (Å²) in [5, 5.41) is 0.0455. The van der Waals surface area contributed by atoms with Crippen molar-refractivity contribution in [3.8, 4) is 11.4 Å². The van der Waals surface area contributed by atoms with Crippen molar-refractivity contribution in [3.63, 3.8) is 0 Å². The number of piperidine rings is 1. The van der Waals surface area contributed by atoms with Crippen LogP contribution in [0.3, 0.4) is 0 Å². The van der Waals surface area contributed by atoms with Gasteiger partial charge in [0.1, 0.15) is 17.3 Å². The maximum absolute atomic E-state index is 14.5. The van der Waals surface area contributed by atoms with Crippen LogP contribution >= 0.6 is 11.6 Å². The molecule has 4 nitrogen and oxygen atoms in total. The zero-order valence-electron chi connectivity index (χ0n) is 13.9. The first-order valence-corrected chi connectivity index (χ1v) is 8.33. The number of methoxy groups -OCH3 is 1. The van der Waals surface area contributed by atoms with E-state index < -0.39 is 11.6 Å². The summed E-state index contributed by atoms with van der Waals surface area (Å²) in [7, 11) is 1.36. The Balaban J connectivity index is 2.12. The molecule has 1 aromatic carbocycles. The maximum Gasteiger partial charge on any atom is 0.209 e. The number of benzene rings is 1. The molecular weight excluding hydrogens is 336 g/mol. The molecule has 1 aromatic heterocycles. The van der Waals surface area contributed by atoms with Crippen molar-refractivity contribution in [3.05, 3.63) is 34.7 Å². The first-order chi connectivity index (χ1) is 11.4. The van der Waals surface area contributed by atoms with E-state index >= 15 is 0 Å². The van der Waals surface area contributed by atoms with E-state index in [1.54, 1.807) is 6.92 Å². The fourth-order valence-electron chi connectivity index (χ4n) is 3.15. The zero-order valence-corrected chi connectivity index (χ0v) is 14.7. The zero-order chi connectivity index (χ0) is 17.4. The van der Waals surface area contributed by atoms with Crippen LogP contribution in [-0.2, 0) is 0 Å². The summed E-state index contributed by atoms with van der Waals surface area (Å²) in [5.74, 6) is -0.0664. The van der Waals surface area contributed by atoms with Gasteiger partial charge in [0.25, 0.3) is 0 Å². The summed E-state index contributed by atoms with van der Waals surface area (Å²) in [6, 6.07) is 2.29. The van der Waals surface area contributed by atoms with E-state index in [-0.39, 0.29) is 16.7 Å². The fourth-order valence-corrected chi connectivity index (χ4v) is 3.44. The summed E-state index contributed by atoms with van der Waals surface area (Å²) in [4.78, 5) is 6.32. The molecule has 0 N–H and O–H groups in total. The standard InChI is InChI=1S/C17H20ClF2N3O/c1-10-4-6-22(7-5-10)16-11(2)21-17(18)23(16)15-13(19)8-12(24-3)9-14(15)20/h8-10H,4-7H2,1-3H3. The number of imidazole rings is 1. The van der Waals surface area contributed by atoms with Gasteiger partial charge in [-0.2, -0.15) is 0 Å². The highest BCUT2D eigenvalue weighted by Gasteiger charge is 2.27. The number of rotatable bonds is 3. The molecule has 0 spiro atoms. The van der Waals surface area contributed by atoms with Crippen LogP contribution in [0, 0.1) is 24.5 Å². The molecule has 0 unspecified atom stereocenters. The van der Waals surface area contributed by atoms with Crippen LogP contribution in [-0.4, -0.2) is 29.8 Å². The molecule has 0 saturated carbocycles. The molecule has 2 heterocycles.